The van der Waals surface area contributed by atoms with Crippen molar-refractivity contribution in [3.05, 3.63) is 55.6 Å². The number of carbonyl (C=O) groups excluding carboxylic acids is 1. The van der Waals surface area contributed by atoms with Crippen molar-refractivity contribution >= 4 is 67.4 Å². The van der Waals surface area contributed by atoms with Crippen LogP contribution in [0.3, 0.4) is 0 Å². The number of rotatable bonds is 4. The minimum absolute atomic E-state index is 0.235. The zero-order valence-electron chi connectivity index (χ0n) is 13.8. The molecule has 0 heterocycles. The molecule has 10 heteroatoms. The van der Waals surface area contributed by atoms with Gasteiger partial charge in [-0.3, -0.25) is 10.1 Å². The van der Waals surface area contributed by atoms with Crippen molar-refractivity contribution < 1.29 is 22.7 Å². The third kappa shape index (κ3) is 6.04. The number of ether oxygens (including phenoxy) is 1. The van der Waals surface area contributed by atoms with Crippen molar-refractivity contribution in [2.24, 2.45) is 0 Å². The van der Waals surface area contributed by atoms with Crippen LogP contribution in [0.5, 0.6) is 5.75 Å². The smallest absolute Gasteiger partial charge is 0.418 e. The molecule has 2 aromatic rings. The van der Waals surface area contributed by atoms with Gasteiger partial charge in [-0.15, -0.1) is 0 Å². The number of thiocarbonyl (C=S) groups is 1. The normalized spacial score (nSPS) is 11.0. The van der Waals surface area contributed by atoms with E-state index in [0.29, 0.717) is 20.4 Å². The summed E-state index contributed by atoms with van der Waals surface area (Å²) in [6.07, 6.45) is -4.55. The molecule has 2 aromatic carbocycles. The maximum Gasteiger partial charge on any atom is 0.418 e. The fraction of sp³-hybridized carbons (Fsp3) is 0.176. The van der Waals surface area contributed by atoms with Crippen LogP contribution in [0.15, 0.2) is 40.9 Å². The van der Waals surface area contributed by atoms with Gasteiger partial charge in [-0.1, -0.05) is 0 Å². The van der Waals surface area contributed by atoms with E-state index in [1.54, 1.807) is 28.7 Å². The molecule has 2 N–H and O–H groups in total. The third-order valence-electron chi connectivity index (χ3n) is 3.26. The molecule has 0 aliphatic rings. The van der Waals surface area contributed by atoms with Crippen LogP contribution in [0.4, 0.5) is 18.9 Å². The van der Waals surface area contributed by atoms with Crippen molar-refractivity contribution in [1.82, 2.24) is 5.32 Å². The first-order chi connectivity index (χ1) is 12.6. The third-order valence-corrected chi connectivity index (χ3v) is 4.75. The van der Waals surface area contributed by atoms with Crippen LogP contribution in [0.25, 0.3) is 0 Å². The Balaban J connectivity index is 2.12. The number of amides is 1. The summed E-state index contributed by atoms with van der Waals surface area (Å²) in [7, 11) is 0. The van der Waals surface area contributed by atoms with Gasteiger partial charge in [-0.05, 0) is 94.1 Å². The van der Waals surface area contributed by atoms with Gasteiger partial charge >= 0.3 is 6.18 Å². The number of anilines is 1. The highest BCUT2D eigenvalue weighted by Crippen LogP contribution is 2.35. The summed E-state index contributed by atoms with van der Waals surface area (Å²) in [6.45, 7) is 2.30. The second-order valence-corrected chi connectivity index (χ2v) is 7.68. The Kier molecular flexibility index (Phi) is 7.46. The van der Waals surface area contributed by atoms with Crippen LogP contribution >= 0.6 is 50.7 Å². The lowest BCUT2D eigenvalue weighted by Gasteiger charge is -2.16. The van der Waals surface area contributed by atoms with E-state index in [-0.39, 0.29) is 16.4 Å². The molecule has 0 aliphatic heterocycles. The quantitative estimate of drug-likeness (QED) is 0.370. The highest BCUT2D eigenvalue weighted by atomic mass is 127. The summed E-state index contributed by atoms with van der Waals surface area (Å²) >= 11 is 10.1. The summed E-state index contributed by atoms with van der Waals surface area (Å²) in [6, 6.07) is 8.44. The molecule has 0 aliphatic carbocycles. The summed E-state index contributed by atoms with van der Waals surface area (Å²) in [5.74, 6) is 0.0128. The van der Waals surface area contributed by atoms with Crippen LogP contribution in [0.2, 0.25) is 0 Å². The van der Waals surface area contributed by atoms with Crippen molar-refractivity contribution in [1.29, 1.82) is 0 Å². The average Bonchev–Trinajstić information content (AvgIpc) is 2.57. The van der Waals surface area contributed by atoms with Crippen LogP contribution in [0, 0.1) is 3.57 Å². The Hall–Kier alpha value is -1.40. The Morgan fingerprint density at radius 2 is 1.96 bits per heavy atom. The Morgan fingerprint density at radius 1 is 1.26 bits per heavy atom. The van der Waals surface area contributed by atoms with Gasteiger partial charge < -0.3 is 10.1 Å². The lowest BCUT2D eigenvalue weighted by Crippen LogP contribution is -2.34. The van der Waals surface area contributed by atoms with Gasteiger partial charge in [-0.2, -0.15) is 13.2 Å². The van der Waals surface area contributed by atoms with Gasteiger partial charge in [0, 0.05) is 9.13 Å². The molecule has 0 aromatic heterocycles. The molecule has 0 bridgehead atoms. The molecule has 0 saturated carbocycles. The predicted molar refractivity (Wildman–Crippen MR) is 113 cm³/mol. The van der Waals surface area contributed by atoms with Gasteiger partial charge in [0.2, 0.25) is 0 Å². The summed E-state index contributed by atoms with van der Waals surface area (Å²) < 4.78 is 45.9. The van der Waals surface area contributed by atoms with Crippen molar-refractivity contribution in [2.75, 3.05) is 11.9 Å². The number of hydrogen-bond acceptors (Lipinski definition) is 3. The fourth-order valence-corrected chi connectivity index (χ4v) is 3.29. The lowest BCUT2D eigenvalue weighted by atomic mass is 10.1. The van der Waals surface area contributed by atoms with Gasteiger partial charge in [0.1, 0.15) is 5.75 Å². The number of benzene rings is 2. The number of carbonyl (C=O) groups is 1. The van der Waals surface area contributed by atoms with Gasteiger partial charge in [0.05, 0.1) is 22.3 Å². The maximum absolute atomic E-state index is 13.2. The van der Waals surface area contributed by atoms with Gasteiger partial charge in [0.25, 0.3) is 5.91 Å². The first kappa shape index (κ1) is 21.9. The molecule has 0 spiro atoms. The molecule has 0 atom stereocenters. The van der Waals surface area contributed by atoms with Crippen LogP contribution < -0.4 is 15.4 Å². The number of halogens is 5. The molecule has 4 nitrogen and oxygen atoms in total. The van der Waals surface area contributed by atoms with Crippen molar-refractivity contribution in [2.45, 2.75) is 13.1 Å². The molecule has 144 valence electrons. The molecule has 0 fully saturated rings. The average molecular weight is 573 g/mol. The summed E-state index contributed by atoms with van der Waals surface area (Å²) in [4.78, 5) is 12.3. The highest BCUT2D eigenvalue weighted by molar-refractivity contribution is 14.1. The fourth-order valence-electron chi connectivity index (χ4n) is 2.10. The molecule has 1 amide bonds. The number of nitrogens with one attached hydrogen (secondary N) is 2. The minimum Gasteiger partial charge on any atom is -0.493 e. The van der Waals surface area contributed by atoms with Crippen molar-refractivity contribution in [3.63, 3.8) is 0 Å². The van der Waals surface area contributed by atoms with E-state index < -0.39 is 17.6 Å². The largest absolute Gasteiger partial charge is 0.493 e. The topological polar surface area (TPSA) is 50.4 Å². The zero-order chi connectivity index (χ0) is 20.2. The van der Waals surface area contributed by atoms with Crippen LogP contribution in [0.1, 0.15) is 22.8 Å². The second-order valence-electron chi connectivity index (χ2n) is 5.17. The first-order valence-corrected chi connectivity index (χ1v) is 9.81. The molecule has 0 saturated heterocycles. The molecule has 2 rings (SSSR count). The Bertz CT molecular complexity index is 878. The molecule has 27 heavy (non-hydrogen) atoms. The van der Waals surface area contributed by atoms with E-state index in [1.165, 1.54) is 24.3 Å². The number of hydrogen-bond donors (Lipinski definition) is 2. The monoisotopic (exact) mass is 572 g/mol. The first-order valence-electron chi connectivity index (χ1n) is 7.53. The van der Waals surface area contributed by atoms with E-state index in [0.717, 1.165) is 6.07 Å². The SMILES string of the molecule is CCOc1ccc(C(=O)NC(=S)Nc2ccc(I)cc2C(F)(F)F)cc1Br. The van der Waals surface area contributed by atoms with E-state index in [4.69, 9.17) is 17.0 Å². The van der Waals surface area contributed by atoms with E-state index in [1.807, 2.05) is 6.92 Å². The van der Waals surface area contributed by atoms with Gasteiger partial charge in [-0.25, -0.2) is 0 Å². The van der Waals surface area contributed by atoms with E-state index >= 15 is 0 Å². The Labute approximate surface area is 181 Å². The van der Waals surface area contributed by atoms with E-state index in [2.05, 4.69) is 26.6 Å². The van der Waals surface area contributed by atoms with E-state index in [9.17, 15) is 18.0 Å². The summed E-state index contributed by atoms with van der Waals surface area (Å²) in [5, 5.41) is 4.56. The summed E-state index contributed by atoms with van der Waals surface area (Å²) in [5.41, 5.74) is -0.830. The predicted octanol–water partition coefficient (Wildman–Crippen LogP) is 5.60. The Morgan fingerprint density at radius 3 is 2.56 bits per heavy atom. The lowest BCUT2D eigenvalue weighted by molar-refractivity contribution is -0.137. The molecule has 0 radical (unpaired) electrons. The van der Waals surface area contributed by atoms with Crippen LogP contribution in [-0.2, 0) is 6.18 Å². The van der Waals surface area contributed by atoms with Crippen LogP contribution in [-0.4, -0.2) is 17.6 Å². The zero-order valence-corrected chi connectivity index (χ0v) is 18.3. The van der Waals surface area contributed by atoms with Gasteiger partial charge in [0.15, 0.2) is 5.11 Å². The second kappa shape index (κ2) is 9.20. The standard InChI is InChI=1S/C17H13BrF3IN2O2S/c1-2-26-14-6-3-9(7-12(14)18)15(25)24-16(27)23-13-5-4-10(22)8-11(13)17(19,20)21/h3-8H,2H2,1H3,(H2,23,24,25,27). The molecule has 0 unspecified atom stereocenters. The van der Waals surface area contributed by atoms with Crippen molar-refractivity contribution in [3.8, 4) is 5.75 Å². The molecular formula is C17H13BrF3IN2O2S. The highest BCUT2D eigenvalue weighted by Gasteiger charge is 2.34. The minimum atomic E-state index is -4.55. The maximum atomic E-state index is 13.2. The number of alkyl halides is 3. The molecular weight excluding hydrogens is 560 g/mol.